The molecule has 0 aliphatic heterocycles. The Morgan fingerprint density at radius 1 is 1.29 bits per heavy atom. The Morgan fingerprint density at radius 3 is 2.59 bits per heavy atom. The lowest BCUT2D eigenvalue weighted by Crippen LogP contribution is -2.05. The molecule has 0 saturated carbocycles. The topological polar surface area (TPSA) is 24.9 Å². The Hall–Kier alpha value is -0.770. The van der Waals surface area contributed by atoms with Crippen LogP contribution >= 0.6 is 34.5 Å². The first-order valence-electron chi connectivity index (χ1n) is 5.25. The molecule has 0 bridgehead atoms. The number of rotatable bonds is 4. The average molecular weight is 287 g/mol. The van der Waals surface area contributed by atoms with E-state index in [9.17, 15) is 0 Å². The summed E-state index contributed by atoms with van der Waals surface area (Å²) in [6, 6.07) is 5.49. The molecule has 5 heteroatoms. The van der Waals surface area contributed by atoms with Crippen LogP contribution in [0.25, 0.3) is 0 Å². The Bertz CT molecular complexity index is 491. The number of hydrogen-bond donors (Lipinski definition) is 1. The molecule has 2 aromatic rings. The second kappa shape index (κ2) is 5.71. The maximum atomic E-state index is 6.06. The van der Waals surface area contributed by atoms with Gasteiger partial charge in [-0.25, -0.2) is 4.98 Å². The van der Waals surface area contributed by atoms with Gasteiger partial charge in [-0.1, -0.05) is 29.3 Å². The van der Waals surface area contributed by atoms with Gasteiger partial charge in [-0.3, -0.25) is 0 Å². The summed E-state index contributed by atoms with van der Waals surface area (Å²) in [5.74, 6) is 0. The van der Waals surface area contributed by atoms with Gasteiger partial charge in [0, 0.05) is 17.8 Å². The van der Waals surface area contributed by atoms with Crippen LogP contribution in [0.3, 0.4) is 0 Å². The zero-order valence-corrected chi connectivity index (χ0v) is 11.7. The Balaban J connectivity index is 1.97. The fraction of sp³-hybridized carbons (Fsp3) is 0.250. The second-order valence-electron chi connectivity index (χ2n) is 3.63. The summed E-state index contributed by atoms with van der Waals surface area (Å²) in [5, 5.41) is 4.56. The van der Waals surface area contributed by atoms with Crippen molar-refractivity contribution in [3.8, 4) is 0 Å². The van der Waals surface area contributed by atoms with Gasteiger partial charge in [0.1, 0.15) is 0 Å². The van der Waals surface area contributed by atoms with Crippen molar-refractivity contribution in [2.75, 3.05) is 11.9 Å². The van der Waals surface area contributed by atoms with Crippen molar-refractivity contribution in [3.63, 3.8) is 0 Å². The van der Waals surface area contributed by atoms with Crippen LogP contribution in [0, 0.1) is 6.92 Å². The predicted molar refractivity (Wildman–Crippen MR) is 75.5 cm³/mol. The first-order valence-corrected chi connectivity index (χ1v) is 6.89. The van der Waals surface area contributed by atoms with Crippen LogP contribution in [0.4, 0.5) is 5.69 Å². The summed E-state index contributed by atoms with van der Waals surface area (Å²) in [6.07, 6.45) is 0.929. The smallest absolute Gasteiger partial charge is 0.0797 e. The van der Waals surface area contributed by atoms with E-state index in [1.165, 1.54) is 4.88 Å². The Morgan fingerprint density at radius 2 is 2.00 bits per heavy atom. The number of aryl methyl sites for hydroxylation is 1. The summed E-state index contributed by atoms with van der Waals surface area (Å²) in [6.45, 7) is 2.82. The molecule has 0 amide bonds. The number of aromatic nitrogens is 1. The molecule has 1 aromatic carbocycles. The van der Waals surface area contributed by atoms with Gasteiger partial charge in [-0.2, -0.15) is 0 Å². The lowest BCUT2D eigenvalue weighted by atomic mass is 10.2. The minimum Gasteiger partial charge on any atom is -0.382 e. The third-order valence-corrected chi connectivity index (χ3v) is 4.09. The minimum atomic E-state index is 0.651. The Kier molecular flexibility index (Phi) is 4.26. The average Bonchev–Trinajstić information content (AvgIpc) is 2.69. The van der Waals surface area contributed by atoms with E-state index in [0.717, 1.165) is 24.3 Å². The van der Waals surface area contributed by atoms with Crippen molar-refractivity contribution in [3.05, 3.63) is 44.3 Å². The van der Waals surface area contributed by atoms with Crippen molar-refractivity contribution in [1.29, 1.82) is 0 Å². The van der Waals surface area contributed by atoms with E-state index in [4.69, 9.17) is 23.2 Å². The molecule has 0 atom stereocenters. The summed E-state index contributed by atoms with van der Waals surface area (Å²) >= 11 is 13.8. The van der Waals surface area contributed by atoms with E-state index in [2.05, 4.69) is 10.3 Å². The number of nitrogens with one attached hydrogen (secondary N) is 1. The number of nitrogens with zero attached hydrogens (tertiary/aromatic N) is 1. The number of benzene rings is 1. The highest BCUT2D eigenvalue weighted by atomic mass is 35.5. The van der Waals surface area contributed by atoms with Crippen molar-refractivity contribution in [1.82, 2.24) is 4.98 Å². The fourth-order valence-electron chi connectivity index (χ4n) is 1.53. The molecule has 17 heavy (non-hydrogen) atoms. The number of anilines is 1. The first kappa shape index (κ1) is 12.7. The molecule has 0 aliphatic carbocycles. The molecule has 1 N–H and O–H groups in total. The van der Waals surface area contributed by atoms with E-state index < -0.39 is 0 Å². The zero-order chi connectivity index (χ0) is 12.3. The molecule has 1 aromatic heterocycles. The molecule has 2 rings (SSSR count). The predicted octanol–water partition coefficient (Wildman–Crippen LogP) is 4.41. The minimum absolute atomic E-state index is 0.651. The molecule has 0 unspecified atom stereocenters. The normalized spacial score (nSPS) is 10.5. The Labute approximate surface area is 115 Å². The van der Waals surface area contributed by atoms with Gasteiger partial charge in [0.2, 0.25) is 0 Å². The molecular formula is C12H12Cl2N2S. The van der Waals surface area contributed by atoms with Gasteiger partial charge in [-0.15, -0.1) is 11.3 Å². The molecule has 0 fully saturated rings. The van der Waals surface area contributed by atoms with Crippen LogP contribution in [-0.2, 0) is 6.42 Å². The second-order valence-corrected chi connectivity index (χ2v) is 5.39. The number of hydrogen-bond acceptors (Lipinski definition) is 3. The van der Waals surface area contributed by atoms with Crippen LogP contribution in [0.1, 0.15) is 10.6 Å². The van der Waals surface area contributed by atoms with E-state index >= 15 is 0 Å². The van der Waals surface area contributed by atoms with Crippen LogP contribution in [0.2, 0.25) is 10.0 Å². The lowest BCUT2D eigenvalue weighted by molar-refractivity contribution is 1.02. The van der Waals surface area contributed by atoms with Crippen molar-refractivity contribution >= 4 is 40.2 Å². The van der Waals surface area contributed by atoms with Gasteiger partial charge in [0.05, 0.1) is 26.9 Å². The molecule has 2 nitrogen and oxygen atoms in total. The van der Waals surface area contributed by atoms with Crippen LogP contribution in [0.5, 0.6) is 0 Å². The van der Waals surface area contributed by atoms with Gasteiger partial charge < -0.3 is 5.32 Å². The highest BCUT2D eigenvalue weighted by Crippen LogP contribution is 2.29. The molecule has 0 spiro atoms. The summed E-state index contributed by atoms with van der Waals surface area (Å²) in [5.41, 5.74) is 3.77. The molecular weight excluding hydrogens is 275 g/mol. The quantitative estimate of drug-likeness (QED) is 0.900. The third kappa shape index (κ3) is 3.12. The molecule has 0 radical (unpaired) electrons. The standard InChI is InChI=1S/C12H12Cl2N2S/c1-8-11(17-7-16-8)5-6-15-12-9(13)3-2-4-10(12)14/h2-4,7,15H,5-6H2,1H3. The highest BCUT2D eigenvalue weighted by molar-refractivity contribution is 7.09. The van der Waals surface area contributed by atoms with E-state index in [1.807, 2.05) is 30.6 Å². The third-order valence-electron chi connectivity index (χ3n) is 2.46. The summed E-state index contributed by atoms with van der Waals surface area (Å²) in [7, 11) is 0. The molecule has 0 aliphatic rings. The largest absolute Gasteiger partial charge is 0.382 e. The number of para-hydroxylation sites is 1. The monoisotopic (exact) mass is 286 g/mol. The molecule has 0 saturated heterocycles. The SMILES string of the molecule is Cc1ncsc1CCNc1c(Cl)cccc1Cl. The van der Waals surface area contributed by atoms with E-state index in [0.29, 0.717) is 10.0 Å². The maximum absolute atomic E-state index is 6.06. The van der Waals surface area contributed by atoms with Gasteiger partial charge in [0.25, 0.3) is 0 Å². The zero-order valence-electron chi connectivity index (χ0n) is 9.34. The van der Waals surface area contributed by atoms with Gasteiger partial charge in [-0.05, 0) is 19.1 Å². The van der Waals surface area contributed by atoms with Crippen LogP contribution < -0.4 is 5.32 Å². The number of halogens is 2. The lowest BCUT2D eigenvalue weighted by Gasteiger charge is -2.09. The van der Waals surface area contributed by atoms with Gasteiger partial charge >= 0.3 is 0 Å². The van der Waals surface area contributed by atoms with E-state index in [-0.39, 0.29) is 0 Å². The maximum Gasteiger partial charge on any atom is 0.0797 e. The van der Waals surface area contributed by atoms with Crippen LogP contribution in [-0.4, -0.2) is 11.5 Å². The first-order chi connectivity index (χ1) is 8.18. The van der Waals surface area contributed by atoms with Crippen molar-refractivity contribution in [2.24, 2.45) is 0 Å². The van der Waals surface area contributed by atoms with Crippen molar-refractivity contribution in [2.45, 2.75) is 13.3 Å². The summed E-state index contributed by atoms with van der Waals surface area (Å²) in [4.78, 5) is 5.51. The van der Waals surface area contributed by atoms with Crippen molar-refractivity contribution < 1.29 is 0 Å². The van der Waals surface area contributed by atoms with E-state index in [1.54, 1.807) is 11.3 Å². The van der Waals surface area contributed by atoms with Gasteiger partial charge in [0.15, 0.2) is 0 Å². The highest BCUT2D eigenvalue weighted by Gasteiger charge is 2.05. The molecule has 1 heterocycles. The summed E-state index contributed by atoms with van der Waals surface area (Å²) < 4.78 is 0. The number of thiazole rings is 1. The van der Waals surface area contributed by atoms with Crippen LogP contribution in [0.15, 0.2) is 23.7 Å². The molecule has 90 valence electrons. The fourth-order valence-corrected chi connectivity index (χ4v) is 2.85.